The summed E-state index contributed by atoms with van der Waals surface area (Å²) in [6.45, 7) is 4.54. The quantitative estimate of drug-likeness (QED) is 0.142. The molecule has 310 valence electrons. The van der Waals surface area contributed by atoms with Crippen molar-refractivity contribution >= 4 is 302 Å². The van der Waals surface area contributed by atoms with Gasteiger partial charge in [-0.05, 0) is 350 Å². The summed E-state index contributed by atoms with van der Waals surface area (Å²) in [5, 5.41) is 89.6. The first-order valence-electron chi connectivity index (χ1n) is 27.7. The molecule has 5 aliphatic rings. The summed E-state index contributed by atoms with van der Waals surface area (Å²) < 4.78 is 0. The lowest BCUT2D eigenvalue weighted by molar-refractivity contribution is 0.290. The molecule has 0 saturated carbocycles. The van der Waals surface area contributed by atoms with Crippen LogP contribution in [0.15, 0.2) is 12.1 Å². The molecule has 0 amide bonds. The monoisotopic (exact) mass is 904 g/mol. The summed E-state index contributed by atoms with van der Waals surface area (Å²) in [7, 11) is 0. The van der Waals surface area contributed by atoms with Crippen molar-refractivity contribution in [3.05, 3.63) is 56.9 Å². The zero-order chi connectivity index (χ0) is 44.2. The van der Waals surface area contributed by atoms with Crippen molar-refractivity contribution in [1.29, 1.82) is 0 Å². The number of benzene rings is 19. The van der Waals surface area contributed by atoms with E-state index in [2.05, 4.69) is 26.0 Å². The molecule has 2 spiro atoms. The Labute approximate surface area is 404 Å². The molecule has 5 aliphatic carbocycles. The van der Waals surface area contributed by atoms with Crippen molar-refractivity contribution in [3.63, 3.8) is 0 Å². The van der Waals surface area contributed by atoms with Crippen molar-refractivity contribution in [2.24, 2.45) is 0 Å². The van der Waals surface area contributed by atoms with Crippen molar-refractivity contribution in [1.82, 2.24) is 9.97 Å². The maximum Gasteiger partial charge on any atom is 0.0893 e. The van der Waals surface area contributed by atoms with Crippen LogP contribution in [-0.2, 0) is 23.7 Å². The van der Waals surface area contributed by atoms with E-state index < -0.39 is 0 Å². The molecule has 0 saturated heterocycles. The lowest BCUT2D eigenvalue weighted by Gasteiger charge is -2.56. The Kier molecular flexibility index (Phi) is 2.36. The average molecular weight is 905 g/mol. The number of fused-ring (bicyclic) bond motifs is 2. The maximum absolute atomic E-state index is 5.96. The molecule has 0 bridgehead atoms. The van der Waals surface area contributed by atoms with Gasteiger partial charge in [0, 0.05) is 23.7 Å². The minimum atomic E-state index is -0.326. The zero-order valence-electron chi connectivity index (χ0n) is 38.5. The van der Waals surface area contributed by atoms with E-state index in [9.17, 15) is 0 Å². The van der Waals surface area contributed by atoms with Crippen LogP contribution in [0.3, 0.4) is 0 Å². The Hall–Kier alpha value is -8.98. The molecule has 30 aromatic rings. The van der Waals surface area contributed by atoms with Gasteiger partial charge in [0.05, 0.1) is 22.4 Å². The first kappa shape index (κ1) is 27.7. The van der Waals surface area contributed by atoms with Gasteiger partial charge in [-0.25, -0.2) is 9.97 Å². The zero-order valence-corrected chi connectivity index (χ0v) is 38.5. The highest BCUT2D eigenvalue weighted by Crippen LogP contribution is 2.85. The van der Waals surface area contributed by atoms with E-state index in [4.69, 9.17) is 9.97 Å². The molecule has 0 aliphatic heterocycles. The summed E-state index contributed by atoms with van der Waals surface area (Å²) in [5.74, 6) is 0. The third kappa shape index (κ3) is 1.50. The van der Waals surface area contributed by atoms with Crippen LogP contribution in [-0.4, -0.2) is 9.97 Å². The summed E-state index contributed by atoms with van der Waals surface area (Å²) in [5.41, 5.74) is 13.6. The third-order valence-electron chi connectivity index (χ3n) is 27.0. The van der Waals surface area contributed by atoms with E-state index in [1.807, 2.05) is 0 Å². The Morgan fingerprint density at radius 3 is 0.500 bits per heavy atom. The number of aromatic nitrogens is 2. The minimum Gasteiger partial charge on any atom is -0.249 e. The standard InChI is InChI=1S/C72H12N2/c1-7-3-9-10(4-8(7)2)74-12-6-72-69-61-53-43-33-25-17-14-13-15-19-21(17)29-35-27(19)37-31-23(15)24-16(13)20-22-18(14)26(25)34-40-30(22)36-28(20)38-32(24)42-41(31)51-45(37)55-49(35)57(47(53)39(29)33)65(69)63(55)67-59(51)60-52(42)46(38)56-50(36)58-48(40)54(44(34)43)62(61)70(72)66(58)64(56)68(60)71(67,72)5-11(12)73-9/h3-4H,5-6H2,1-2H3. The first-order valence-corrected chi connectivity index (χ1v) is 27.7. The van der Waals surface area contributed by atoms with Gasteiger partial charge in [-0.1, -0.05) is 0 Å². The SMILES string of the molecule is Cc1cc2nc3c(nc2cc1C)CC12c4c5c6c7c8c9c(c%10c%11c1c1c4c4c%12c5c5c6c6c8c8c%13c9c9c%10c%10c%11c%11c1c1c4c4c%12c%12c5c5c6c8c6c8c%13c9c9c%10c%10c%11c1c1c4c4c%12c5c6c5c8c9c%10c1c45)C72C3. The fourth-order valence-corrected chi connectivity index (χ4v) is 26.4. The average Bonchev–Trinajstić information content (AvgIpc) is 4.31. The molecule has 1 aromatic heterocycles. The van der Waals surface area contributed by atoms with Crippen LogP contribution in [0.25, 0.3) is 302 Å². The van der Waals surface area contributed by atoms with E-state index in [0.29, 0.717) is 0 Å². The smallest absolute Gasteiger partial charge is 0.0893 e. The normalized spacial score (nSPS) is 21.9. The van der Waals surface area contributed by atoms with Gasteiger partial charge in [-0.3, -0.25) is 0 Å². The molecule has 0 fully saturated rings. The van der Waals surface area contributed by atoms with Gasteiger partial charge in [0.2, 0.25) is 0 Å². The molecular formula is C72H12N2. The van der Waals surface area contributed by atoms with E-state index >= 15 is 0 Å². The van der Waals surface area contributed by atoms with Gasteiger partial charge in [-0.15, -0.1) is 0 Å². The topological polar surface area (TPSA) is 25.8 Å². The second kappa shape index (κ2) is 6.29. The van der Waals surface area contributed by atoms with E-state index in [0.717, 1.165) is 23.9 Å². The van der Waals surface area contributed by atoms with Crippen LogP contribution in [0.5, 0.6) is 0 Å². The van der Waals surface area contributed by atoms with E-state index in [1.54, 1.807) is 313 Å². The number of aryl methyl sites for hydroxylation is 2. The van der Waals surface area contributed by atoms with Gasteiger partial charge >= 0.3 is 0 Å². The third-order valence-corrected chi connectivity index (χ3v) is 27.0. The Morgan fingerprint density at radius 2 is 0.351 bits per heavy atom. The minimum absolute atomic E-state index is 0.326. The Balaban J connectivity index is 1.10. The second-order valence-corrected chi connectivity index (χ2v) is 27.5. The predicted molar refractivity (Wildman–Crippen MR) is 310 cm³/mol. The Morgan fingerprint density at radius 1 is 0.216 bits per heavy atom. The number of hydrogen-bond acceptors (Lipinski definition) is 2. The molecule has 35 rings (SSSR count). The van der Waals surface area contributed by atoms with Crippen LogP contribution in [0.2, 0.25) is 0 Å². The van der Waals surface area contributed by atoms with Crippen molar-refractivity contribution in [2.75, 3.05) is 0 Å². The summed E-state index contributed by atoms with van der Waals surface area (Å²) >= 11 is 0. The van der Waals surface area contributed by atoms with Gasteiger partial charge < -0.3 is 0 Å². The largest absolute Gasteiger partial charge is 0.249 e. The number of nitrogens with zero attached hydrogens (tertiary/aromatic N) is 2. The summed E-state index contributed by atoms with van der Waals surface area (Å²) in [6.07, 6.45) is 1.82. The van der Waals surface area contributed by atoms with Crippen LogP contribution in [0, 0.1) is 13.8 Å². The maximum atomic E-state index is 5.96. The van der Waals surface area contributed by atoms with Gasteiger partial charge in [-0.2, -0.15) is 0 Å². The van der Waals surface area contributed by atoms with Crippen LogP contribution in [0.1, 0.15) is 44.8 Å². The summed E-state index contributed by atoms with van der Waals surface area (Å²) in [6, 6.07) is 4.71. The van der Waals surface area contributed by atoms with Crippen molar-refractivity contribution in [3.8, 4) is 0 Å². The molecule has 0 atom stereocenters. The second-order valence-electron chi connectivity index (χ2n) is 27.5. The van der Waals surface area contributed by atoms with Gasteiger partial charge in [0.15, 0.2) is 0 Å². The highest BCUT2D eigenvalue weighted by Gasteiger charge is 2.71. The number of rotatable bonds is 0. The summed E-state index contributed by atoms with van der Waals surface area (Å²) in [4.78, 5) is 11.9. The molecule has 1 heterocycles. The molecule has 2 heteroatoms. The van der Waals surface area contributed by atoms with Crippen LogP contribution >= 0.6 is 0 Å². The highest BCUT2D eigenvalue weighted by atomic mass is 14.9. The van der Waals surface area contributed by atoms with Gasteiger partial charge in [0.1, 0.15) is 0 Å². The lowest BCUT2D eigenvalue weighted by Crippen LogP contribution is -2.57. The molecule has 0 radical (unpaired) electrons. The highest BCUT2D eigenvalue weighted by molar-refractivity contribution is 6.82. The van der Waals surface area contributed by atoms with Crippen molar-refractivity contribution < 1.29 is 0 Å². The first-order chi connectivity index (χ1) is 36.7. The van der Waals surface area contributed by atoms with E-state index in [-0.39, 0.29) is 10.8 Å². The van der Waals surface area contributed by atoms with Crippen LogP contribution < -0.4 is 0 Å². The fraction of sp³-hybridized carbons (Fsp3) is 0.0833. The molecule has 2 nitrogen and oxygen atoms in total. The Bertz CT molecular complexity index is 7220. The molecule has 0 N–H and O–H groups in total. The molecule has 29 aromatic carbocycles. The van der Waals surface area contributed by atoms with Gasteiger partial charge in [0.25, 0.3) is 0 Å². The molecular weight excluding hydrogens is 893 g/mol. The molecule has 0 unspecified atom stereocenters. The fourth-order valence-electron chi connectivity index (χ4n) is 26.4. The predicted octanol–water partition coefficient (Wildman–Crippen LogP) is 18.7. The molecule has 74 heavy (non-hydrogen) atoms. The van der Waals surface area contributed by atoms with Crippen LogP contribution in [0.4, 0.5) is 0 Å². The van der Waals surface area contributed by atoms with E-state index in [1.165, 1.54) is 22.5 Å². The lowest BCUT2D eigenvalue weighted by atomic mass is 9.44. The van der Waals surface area contributed by atoms with Crippen molar-refractivity contribution in [2.45, 2.75) is 37.5 Å². The number of hydrogen-bond donors (Lipinski definition) is 0.